The molecule has 0 bridgehead atoms. The van der Waals surface area contributed by atoms with Crippen LogP contribution in [0.1, 0.15) is 23.1 Å². The smallest absolute Gasteiger partial charge is 0.417 e. The zero-order valence-corrected chi connectivity index (χ0v) is 14.3. The first kappa shape index (κ1) is 19.7. The van der Waals surface area contributed by atoms with E-state index in [9.17, 15) is 18.0 Å². The summed E-state index contributed by atoms with van der Waals surface area (Å²) in [5, 5.41) is 2.48. The van der Waals surface area contributed by atoms with E-state index in [0.717, 1.165) is 11.6 Å². The molecule has 7 heteroatoms. The summed E-state index contributed by atoms with van der Waals surface area (Å²) in [6, 6.07) is 12.6. The summed E-state index contributed by atoms with van der Waals surface area (Å²) in [4.78, 5) is 11.5. The van der Waals surface area contributed by atoms with E-state index in [4.69, 9.17) is 16.3 Å². The monoisotopic (exact) mass is 381 g/mol. The molecule has 0 radical (unpaired) electrons. The standard InChI is InChI=1S/C19H15ClF3NO2/c20-16-10-9-15(17(12-16)19(21,22)23)8-4-5-11-24-18(25)26-13-14-6-2-1-3-7-14/h1-3,6-7,9-10,12H,5,11,13H2,(H,24,25). The van der Waals surface area contributed by atoms with Crippen LogP contribution in [-0.2, 0) is 17.5 Å². The molecule has 0 atom stereocenters. The molecule has 1 N–H and O–H groups in total. The quantitative estimate of drug-likeness (QED) is 0.596. The van der Waals surface area contributed by atoms with Crippen molar-refractivity contribution in [3.8, 4) is 11.8 Å². The molecule has 136 valence electrons. The Bertz CT molecular complexity index is 811. The number of hydrogen-bond acceptors (Lipinski definition) is 2. The van der Waals surface area contributed by atoms with Gasteiger partial charge in [0, 0.05) is 23.6 Å². The number of hydrogen-bond donors (Lipinski definition) is 1. The second-order valence-electron chi connectivity index (χ2n) is 5.23. The number of benzene rings is 2. The van der Waals surface area contributed by atoms with Crippen LogP contribution in [0.4, 0.5) is 18.0 Å². The Kier molecular flexibility index (Phi) is 6.93. The van der Waals surface area contributed by atoms with Crippen molar-refractivity contribution in [1.29, 1.82) is 0 Å². The van der Waals surface area contributed by atoms with Crippen LogP contribution in [0.5, 0.6) is 0 Å². The van der Waals surface area contributed by atoms with Crippen LogP contribution in [0, 0.1) is 11.8 Å². The summed E-state index contributed by atoms with van der Waals surface area (Å²) in [7, 11) is 0. The molecule has 0 aliphatic carbocycles. The van der Waals surface area contributed by atoms with Gasteiger partial charge in [-0.05, 0) is 23.8 Å². The molecular formula is C19H15ClF3NO2. The minimum absolute atomic E-state index is 0.00861. The number of carbonyl (C=O) groups is 1. The summed E-state index contributed by atoms with van der Waals surface area (Å²) in [5.74, 6) is 5.06. The largest absolute Gasteiger partial charge is 0.445 e. The van der Waals surface area contributed by atoms with Crippen molar-refractivity contribution >= 4 is 17.7 Å². The summed E-state index contributed by atoms with van der Waals surface area (Å²) in [6.07, 6.45) is -4.97. The average molecular weight is 382 g/mol. The third-order valence-corrected chi connectivity index (χ3v) is 3.48. The van der Waals surface area contributed by atoms with Crippen LogP contribution in [0.3, 0.4) is 0 Å². The number of alkyl halides is 3. The van der Waals surface area contributed by atoms with Crippen LogP contribution < -0.4 is 5.32 Å². The Labute approximate surface area is 154 Å². The molecule has 0 saturated carbocycles. The van der Waals surface area contributed by atoms with Gasteiger partial charge >= 0.3 is 12.3 Å². The highest BCUT2D eigenvalue weighted by Gasteiger charge is 2.33. The number of halogens is 4. The van der Waals surface area contributed by atoms with Crippen molar-refractivity contribution in [2.75, 3.05) is 6.54 Å². The number of carbonyl (C=O) groups excluding carboxylic acids is 1. The van der Waals surface area contributed by atoms with Gasteiger partial charge in [-0.2, -0.15) is 13.2 Å². The van der Waals surface area contributed by atoms with Crippen molar-refractivity contribution in [2.45, 2.75) is 19.2 Å². The number of alkyl carbamates (subject to hydrolysis) is 1. The highest BCUT2D eigenvalue weighted by atomic mass is 35.5. The molecule has 0 aliphatic heterocycles. The maximum absolute atomic E-state index is 12.9. The first-order valence-electron chi connectivity index (χ1n) is 7.66. The second kappa shape index (κ2) is 9.16. The predicted molar refractivity (Wildman–Crippen MR) is 92.6 cm³/mol. The van der Waals surface area contributed by atoms with Crippen LogP contribution in [0.2, 0.25) is 5.02 Å². The second-order valence-corrected chi connectivity index (χ2v) is 5.66. The highest BCUT2D eigenvalue weighted by molar-refractivity contribution is 6.30. The fourth-order valence-electron chi connectivity index (χ4n) is 2.02. The van der Waals surface area contributed by atoms with Crippen molar-refractivity contribution in [3.05, 3.63) is 70.2 Å². The number of rotatable bonds is 4. The molecule has 0 spiro atoms. The predicted octanol–water partition coefficient (Wildman–Crippen LogP) is 5.03. The maximum atomic E-state index is 12.9. The van der Waals surface area contributed by atoms with Gasteiger partial charge in [-0.25, -0.2) is 4.79 Å². The van der Waals surface area contributed by atoms with E-state index in [1.54, 1.807) is 0 Å². The topological polar surface area (TPSA) is 38.3 Å². The van der Waals surface area contributed by atoms with E-state index < -0.39 is 17.8 Å². The number of ether oxygens (including phenoxy) is 1. The maximum Gasteiger partial charge on any atom is 0.417 e. The first-order chi connectivity index (χ1) is 12.4. The van der Waals surface area contributed by atoms with E-state index in [1.165, 1.54) is 12.1 Å². The SMILES string of the molecule is O=C(NCCC#Cc1ccc(Cl)cc1C(F)(F)F)OCc1ccccc1. The first-order valence-corrected chi connectivity index (χ1v) is 8.04. The van der Waals surface area contributed by atoms with Crippen LogP contribution in [0.25, 0.3) is 0 Å². The Morgan fingerprint density at radius 1 is 1.15 bits per heavy atom. The molecule has 0 fully saturated rings. The summed E-state index contributed by atoms with van der Waals surface area (Å²) >= 11 is 5.61. The number of amides is 1. The van der Waals surface area contributed by atoms with E-state index in [2.05, 4.69) is 17.2 Å². The Morgan fingerprint density at radius 3 is 2.58 bits per heavy atom. The van der Waals surface area contributed by atoms with Crippen LogP contribution >= 0.6 is 11.6 Å². The highest BCUT2D eigenvalue weighted by Crippen LogP contribution is 2.33. The fraction of sp³-hybridized carbons (Fsp3) is 0.211. The van der Waals surface area contributed by atoms with E-state index in [1.807, 2.05) is 30.3 Å². The Balaban J connectivity index is 1.81. The van der Waals surface area contributed by atoms with Gasteiger partial charge < -0.3 is 10.1 Å². The molecule has 2 rings (SSSR count). The van der Waals surface area contributed by atoms with Gasteiger partial charge in [0.05, 0.1) is 5.56 Å². The van der Waals surface area contributed by atoms with Gasteiger partial charge in [0.15, 0.2) is 0 Å². The molecule has 0 heterocycles. The molecule has 2 aromatic rings. The zero-order valence-electron chi connectivity index (χ0n) is 13.6. The van der Waals surface area contributed by atoms with Gasteiger partial charge in [0.2, 0.25) is 0 Å². The van der Waals surface area contributed by atoms with Gasteiger partial charge in [-0.3, -0.25) is 0 Å². The van der Waals surface area contributed by atoms with Gasteiger partial charge in [0.1, 0.15) is 6.61 Å². The molecule has 3 nitrogen and oxygen atoms in total. The third-order valence-electron chi connectivity index (χ3n) is 3.24. The molecule has 1 amide bonds. The molecule has 0 aromatic heterocycles. The Hall–Kier alpha value is -2.65. The van der Waals surface area contributed by atoms with Crippen molar-refractivity contribution in [1.82, 2.24) is 5.32 Å². The molecule has 0 saturated heterocycles. The van der Waals surface area contributed by atoms with Crippen LogP contribution in [0.15, 0.2) is 48.5 Å². The van der Waals surface area contributed by atoms with Crippen LogP contribution in [-0.4, -0.2) is 12.6 Å². The summed E-state index contributed by atoms with van der Waals surface area (Å²) in [6.45, 7) is 0.299. The normalized spacial score (nSPS) is 10.6. The lowest BCUT2D eigenvalue weighted by Crippen LogP contribution is -2.24. The van der Waals surface area contributed by atoms with Crippen molar-refractivity contribution < 1.29 is 22.7 Å². The lowest BCUT2D eigenvalue weighted by atomic mass is 10.1. The summed E-state index contributed by atoms with van der Waals surface area (Å²) in [5.41, 5.74) is -0.189. The van der Waals surface area contributed by atoms with Crippen molar-refractivity contribution in [2.24, 2.45) is 0 Å². The molecular weight excluding hydrogens is 367 g/mol. The van der Waals surface area contributed by atoms with E-state index in [-0.39, 0.29) is 30.2 Å². The van der Waals surface area contributed by atoms with E-state index in [0.29, 0.717) is 0 Å². The Morgan fingerprint density at radius 2 is 1.88 bits per heavy atom. The van der Waals surface area contributed by atoms with E-state index >= 15 is 0 Å². The summed E-state index contributed by atoms with van der Waals surface area (Å²) < 4.78 is 43.8. The zero-order chi connectivity index (χ0) is 19.0. The minimum atomic E-state index is -4.53. The molecule has 0 aliphatic rings. The lowest BCUT2D eigenvalue weighted by molar-refractivity contribution is -0.137. The average Bonchev–Trinajstić information content (AvgIpc) is 2.61. The molecule has 2 aromatic carbocycles. The minimum Gasteiger partial charge on any atom is -0.445 e. The van der Waals surface area contributed by atoms with Gasteiger partial charge in [-0.15, -0.1) is 0 Å². The fourth-order valence-corrected chi connectivity index (χ4v) is 2.19. The molecule has 0 unspecified atom stereocenters. The van der Waals surface area contributed by atoms with Gasteiger partial charge in [0.25, 0.3) is 0 Å². The van der Waals surface area contributed by atoms with Gasteiger partial charge in [-0.1, -0.05) is 53.8 Å². The number of nitrogens with one attached hydrogen (secondary N) is 1. The lowest BCUT2D eigenvalue weighted by Gasteiger charge is -2.09. The van der Waals surface area contributed by atoms with Crippen molar-refractivity contribution in [3.63, 3.8) is 0 Å². The molecule has 26 heavy (non-hydrogen) atoms. The third kappa shape index (κ3) is 6.34.